The maximum absolute atomic E-state index is 14.7. The quantitative estimate of drug-likeness (QED) is 0.523. The first-order valence-corrected chi connectivity index (χ1v) is 13.5. The molecule has 1 aliphatic carbocycles. The molecule has 8 nitrogen and oxygen atoms in total. The van der Waals surface area contributed by atoms with Crippen molar-refractivity contribution in [3.63, 3.8) is 0 Å². The Bertz CT molecular complexity index is 1160. The van der Waals surface area contributed by atoms with Crippen LogP contribution < -0.4 is 9.62 Å². The third kappa shape index (κ3) is 6.61. The Morgan fingerprint density at radius 1 is 1.06 bits per heavy atom. The minimum atomic E-state index is -4.21. The van der Waals surface area contributed by atoms with E-state index in [4.69, 9.17) is 0 Å². The topological polar surface area (TPSA) is 90.0 Å². The van der Waals surface area contributed by atoms with E-state index in [-0.39, 0.29) is 24.2 Å². The zero-order chi connectivity index (χ0) is 26.5. The van der Waals surface area contributed by atoms with Gasteiger partial charge < -0.3 is 10.2 Å². The normalized spacial score (nSPS) is 15.1. The van der Waals surface area contributed by atoms with Gasteiger partial charge in [0, 0.05) is 26.7 Å². The number of aryl methyl sites for hydroxylation is 1. The molecular formula is C26H35FN4O4S. The number of rotatable bonds is 10. The van der Waals surface area contributed by atoms with Crippen LogP contribution in [0.4, 0.5) is 10.1 Å². The third-order valence-electron chi connectivity index (χ3n) is 6.48. The Balaban J connectivity index is 1.93. The smallest absolute Gasteiger partial charge is 0.304 e. The maximum Gasteiger partial charge on any atom is 0.304 e. The highest BCUT2D eigenvalue weighted by Gasteiger charge is 2.34. The second-order valence-electron chi connectivity index (χ2n) is 9.42. The fraction of sp³-hybridized carbons (Fsp3) is 0.462. The van der Waals surface area contributed by atoms with Gasteiger partial charge in [-0.2, -0.15) is 12.7 Å². The van der Waals surface area contributed by atoms with Gasteiger partial charge in [-0.25, -0.2) is 8.70 Å². The monoisotopic (exact) mass is 518 g/mol. The van der Waals surface area contributed by atoms with Crippen LogP contribution in [0.2, 0.25) is 0 Å². The van der Waals surface area contributed by atoms with Gasteiger partial charge in [-0.3, -0.25) is 9.59 Å². The van der Waals surface area contributed by atoms with Crippen molar-refractivity contribution in [1.82, 2.24) is 14.5 Å². The lowest BCUT2D eigenvalue weighted by molar-refractivity contribution is -0.139. The highest BCUT2D eigenvalue weighted by molar-refractivity contribution is 7.90. The van der Waals surface area contributed by atoms with Gasteiger partial charge in [-0.15, -0.1) is 0 Å². The van der Waals surface area contributed by atoms with Crippen molar-refractivity contribution in [2.75, 3.05) is 24.9 Å². The molecule has 1 aliphatic rings. The second-order valence-corrected chi connectivity index (χ2v) is 11.5. The van der Waals surface area contributed by atoms with E-state index in [2.05, 4.69) is 5.32 Å². The largest absolute Gasteiger partial charge is 0.352 e. The summed E-state index contributed by atoms with van der Waals surface area (Å²) in [5, 5.41) is 3.02. The van der Waals surface area contributed by atoms with E-state index in [1.54, 1.807) is 6.92 Å². The molecule has 2 aromatic carbocycles. The van der Waals surface area contributed by atoms with E-state index in [9.17, 15) is 22.4 Å². The summed E-state index contributed by atoms with van der Waals surface area (Å²) in [6.07, 6.45) is 3.88. The Morgan fingerprint density at radius 2 is 1.67 bits per heavy atom. The molecule has 36 heavy (non-hydrogen) atoms. The molecule has 196 valence electrons. The van der Waals surface area contributed by atoms with Crippen molar-refractivity contribution in [3.8, 4) is 0 Å². The Morgan fingerprint density at radius 3 is 2.25 bits per heavy atom. The molecule has 3 rings (SSSR count). The minimum Gasteiger partial charge on any atom is -0.352 e. The number of hydrogen-bond donors (Lipinski definition) is 1. The molecule has 0 aliphatic heterocycles. The number of benzene rings is 2. The molecule has 10 heteroatoms. The molecule has 1 N–H and O–H groups in total. The van der Waals surface area contributed by atoms with Gasteiger partial charge in [0.05, 0.1) is 5.69 Å². The molecule has 0 radical (unpaired) electrons. The third-order valence-corrected chi connectivity index (χ3v) is 8.29. The molecule has 0 aromatic heterocycles. The highest BCUT2D eigenvalue weighted by atomic mass is 32.2. The molecule has 2 amide bonds. The maximum atomic E-state index is 14.7. The van der Waals surface area contributed by atoms with E-state index in [1.807, 2.05) is 31.2 Å². The van der Waals surface area contributed by atoms with Crippen LogP contribution in [0.15, 0.2) is 48.5 Å². The number of amides is 2. The van der Waals surface area contributed by atoms with Crippen molar-refractivity contribution in [1.29, 1.82) is 0 Å². The minimum absolute atomic E-state index is 0.0697. The molecule has 1 saturated carbocycles. The van der Waals surface area contributed by atoms with Crippen molar-refractivity contribution < 1.29 is 22.4 Å². The first-order valence-electron chi connectivity index (χ1n) is 12.1. The van der Waals surface area contributed by atoms with Crippen LogP contribution in [0.1, 0.15) is 43.7 Å². The summed E-state index contributed by atoms with van der Waals surface area (Å²) in [7, 11) is -1.58. The summed E-state index contributed by atoms with van der Waals surface area (Å²) in [5.41, 5.74) is 1.60. The lowest BCUT2D eigenvalue weighted by Crippen LogP contribution is -2.53. The van der Waals surface area contributed by atoms with E-state index in [0.717, 1.165) is 51.5 Å². The Hall–Kier alpha value is -2.98. The number of hydrogen-bond acceptors (Lipinski definition) is 4. The van der Waals surface area contributed by atoms with Crippen LogP contribution >= 0.6 is 0 Å². The SMILES string of the molecule is Cc1ccc(CN(C(=O)CN(c2ccccc2F)S(=O)(=O)N(C)C)[C@@H](C)C(=O)NC2CCCC2)cc1. The van der Waals surface area contributed by atoms with Crippen LogP contribution in [0.5, 0.6) is 0 Å². The summed E-state index contributed by atoms with van der Waals surface area (Å²) in [6.45, 7) is 3.02. The number of nitrogens with zero attached hydrogens (tertiary/aromatic N) is 3. The number of anilines is 1. The number of para-hydroxylation sites is 1. The fourth-order valence-corrected chi connectivity index (χ4v) is 5.29. The molecule has 0 saturated heterocycles. The van der Waals surface area contributed by atoms with Gasteiger partial charge in [0.15, 0.2) is 0 Å². The summed E-state index contributed by atoms with van der Waals surface area (Å²) in [5.74, 6) is -1.68. The molecule has 0 unspecified atom stereocenters. The predicted octanol–water partition coefficient (Wildman–Crippen LogP) is 3.22. The van der Waals surface area contributed by atoms with E-state index >= 15 is 0 Å². The van der Waals surface area contributed by atoms with Crippen LogP contribution in [0, 0.1) is 12.7 Å². The highest BCUT2D eigenvalue weighted by Crippen LogP contribution is 2.24. The van der Waals surface area contributed by atoms with Crippen molar-refractivity contribution in [3.05, 3.63) is 65.5 Å². The summed E-state index contributed by atoms with van der Waals surface area (Å²) < 4.78 is 42.6. The molecular weight excluding hydrogens is 483 g/mol. The van der Waals surface area contributed by atoms with Gasteiger partial charge in [-0.05, 0) is 44.4 Å². The van der Waals surface area contributed by atoms with Crippen molar-refractivity contribution in [2.45, 2.75) is 58.2 Å². The standard InChI is InChI=1S/C26H35FN4O4S/c1-19-13-15-21(16-14-19)17-30(20(2)26(33)28-22-9-5-6-10-22)25(32)18-31(36(34,35)29(3)4)24-12-8-7-11-23(24)27/h7-8,11-16,20,22H,5-6,9-10,17-18H2,1-4H3,(H,28,33)/t20-/m0/s1. The predicted molar refractivity (Wildman–Crippen MR) is 138 cm³/mol. The van der Waals surface area contributed by atoms with E-state index < -0.39 is 34.5 Å². The van der Waals surface area contributed by atoms with Crippen molar-refractivity contribution >= 4 is 27.7 Å². The van der Waals surface area contributed by atoms with E-state index in [0.29, 0.717) is 0 Å². The zero-order valence-corrected chi connectivity index (χ0v) is 22.1. The lowest BCUT2D eigenvalue weighted by Gasteiger charge is -2.33. The van der Waals surface area contributed by atoms with Gasteiger partial charge in [0.25, 0.3) is 0 Å². The number of nitrogens with one attached hydrogen (secondary N) is 1. The summed E-state index contributed by atoms with van der Waals surface area (Å²) in [6, 6.07) is 12.1. The lowest BCUT2D eigenvalue weighted by atomic mass is 10.1. The number of carbonyl (C=O) groups excluding carboxylic acids is 2. The number of halogens is 1. The fourth-order valence-electron chi connectivity index (χ4n) is 4.22. The summed E-state index contributed by atoms with van der Waals surface area (Å²) in [4.78, 5) is 28.1. The summed E-state index contributed by atoms with van der Waals surface area (Å²) >= 11 is 0. The van der Waals surface area contributed by atoms with Crippen LogP contribution in [0.25, 0.3) is 0 Å². The van der Waals surface area contributed by atoms with Gasteiger partial charge >= 0.3 is 10.2 Å². The second kappa shape index (κ2) is 11.8. The average molecular weight is 519 g/mol. The zero-order valence-electron chi connectivity index (χ0n) is 21.3. The molecule has 0 bridgehead atoms. The van der Waals surface area contributed by atoms with Crippen LogP contribution in [-0.4, -0.2) is 62.2 Å². The van der Waals surface area contributed by atoms with E-state index in [1.165, 1.54) is 37.2 Å². The molecule has 0 spiro atoms. The molecule has 1 fully saturated rings. The van der Waals surface area contributed by atoms with Crippen LogP contribution in [-0.2, 0) is 26.3 Å². The first-order chi connectivity index (χ1) is 17.0. The first kappa shape index (κ1) is 27.6. The molecule has 0 heterocycles. The molecule has 2 aromatic rings. The Labute approximate surface area is 213 Å². The van der Waals surface area contributed by atoms with Gasteiger partial charge in [0.2, 0.25) is 11.8 Å². The van der Waals surface area contributed by atoms with Crippen molar-refractivity contribution in [2.24, 2.45) is 0 Å². The van der Waals surface area contributed by atoms with Gasteiger partial charge in [-0.1, -0.05) is 54.8 Å². The average Bonchev–Trinajstić information content (AvgIpc) is 3.35. The Kier molecular flexibility index (Phi) is 9.08. The van der Waals surface area contributed by atoms with Crippen LogP contribution in [0.3, 0.4) is 0 Å². The van der Waals surface area contributed by atoms with Gasteiger partial charge in [0.1, 0.15) is 18.4 Å². The number of carbonyl (C=O) groups is 2. The molecule has 1 atom stereocenters.